The highest BCUT2D eigenvalue weighted by Gasteiger charge is 2.28. The molecule has 1 unspecified atom stereocenters. The molecule has 1 aromatic rings. The number of hydrogen-bond acceptors (Lipinski definition) is 4. The zero-order valence-corrected chi connectivity index (χ0v) is 10.8. The molecular formula is C12H17F3N2O2. The van der Waals surface area contributed by atoms with Gasteiger partial charge in [-0.3, -0.25) is 0 Å². The lowest BCUT2D eigenvalue weighted by atomic mass is 10.1. The van der Waals surface area contributed by atoms with E-state index in [2.05, 4.69) is 5.32 Å². The predicted molar refractivity (Wildman–Crippen MR) is 65.4 cm³/mol. The summed E-state index contributed by atoms with van der Waals surface area (Å²) in [5, 5.41) is 2.37. The molecule has 1 rings (SSSR count). The summed E-state index contributed by atoms with van der Waals surface area (Å²) in [4.78, 5) is 0. The minimum atomic E-state index is -4.29. The maximum absolute atomic E-state index is 12.2. The van der Waals surface area contributed by atoms with E-state index in [1.807, 2.05) is 0 Å². The van der Waals surface area contributed by atoms with Crippen LogP contribution in [-0.4, -0.2) is 33.5 Å². The van der Waals surface area contributed by atoms with Crippen LogP contribution in [0.4, 0.5) is 13.2 Å². The van der Waals surface area contributed by atoms with Gasteiger partial charge >= 0.3 is 6.18 Å². The van der Waals surface area contributed by atoms with E-state index in [0.29, 0.717) is 17.1 Å². The molecule has 0 bridgehead atoms. The van der Waals surface area contributed by atoms with E-state index in [1.54, 1.807) is 18.2 Å². The van der Waals surface area contributed by atoms with Crippen LogP contribution in [0.25, 0.3) is 0 Å². The van der Waals surface area contributed by atoms with Crippen LogP contribution in [-0.2, 0) is 0 Å². The van der Waals surface area contributed by atoms with Gasteiger partial charge in [-0.05, 0) is 18.2 Å². The Morgan fingerprint density at radius 2 is 1.95 bits per heavy atom. The molecule has 1 aromatic carbocycles. The molecule has 1 atom stereocenters. The molecule has 0 spiro atoms. The molecule has 0 aliphatic carbocycles. The maximum Gasteiger partial charge on any atom is 0.401 e. The molecule has 0 amide bonds. The van der Waals surface area contributed by atoms with Gasteiger partial charge in [-0.15, -0.1) is 0 Å². The summed E-state index contributed by atoms with van der Waals surface area (Å²) in [7, 11) is 2.93. The Morgan fingerprint density at radius 3 is 2.42 bits per heavy atom. The first-order valence-electron chi connectivity index (χ1n) is 5.63. The summed E-state index contributed by atoms with van der Waals surface area (Å²) in [6.07, 6.45) is -4.29. The van der Waals surface area contributed by atoms with Gasteiger partial charge in [0.25, 0.3) is 0 Å². The monoisotopic (exact) mass is 278 g/mol. The van der Waals surface area contributed by atoms with E-state index in [4.69, 9.17) is 15.2 Å². The first kappa shape index (κ1) is 15.6. The van der Waals surface area contributed by atoms with Crippen LogP contribution in [0.5, 0.6) is 11.5 Å². The Bertz CT molecular complexity index is 410. The van der Waals surface area contributed by atoms with Gasteiger partial charge in [0, 0.05) is 18.2 Å². The number of rotatable bonds is 6. The Hall–Kier alpha value is -1.47. The SMILES string of the molecule is COc1ccc(OC)c(C(CN)NCC(F)(F)F)c1. The van der Waals surface area contributed by atoms with Crippen LogP contribution in [0.1, 0.15) is 11.6 Å². The van der Waals surface area contributed by atoms with Crippen molar-refractivity contribution in [2.75, 3.05) is 27.3 Å². The topological polar surface area (TPSA) is 56.5 Å². The Labute approximate surface area is 109 Å². The number of ether oxygens (including phenoxy) is 2. The van der Waals surface area contributed by atoms with Crippen molar-refractivity contribution >= 4 is 0 Å². The van der Waals surface area contributed by atoms with Crippen molar-refractivity contribution in [1.82, 2.24) is 5.32 Å². The normalized spacial score (nSPS) is 13.2. The van der Waals surface area contributed by atoms with Crippen LogP contribution in [0, 0.1) is 0 Å². The average molecular weight is 278 g/mol. The number of methoxy groups -OCH3 is 2. The average Bonchev–Trinajstić information content (AvgIpc) is 2.38. The minimum Gasteiger partial charge on any atom is -0.497 e. The summed E-state index contributed by atoms with van der Waals surface area (Å²) in [6.45, 7) is -1.10. The van der Waals surface area contributed by atoms with Gasteiger partial charge in [-0.25, -0.2) is 0 Å². The summed E-state index contributed by atoms with van der Waals surface area (Å²) in [5.74, 6) is 0.994. The molecule has 0 aromatic heterocycles. The van der Waals surface area contributed by atoms with Gasteiger partial charge < -0.3 is 20.5 Å². The fourth-order valence-electron chi connectivity index (χ4n) is 1.67. The summed E-state index contributed by atoms with van der Waals surface area (Å²) in [5.41, 5.74) is 6.06. The fourth-order valence-corrected chi connectivity index (χ4v) is 1.67. The van der Waals surface area contributed by atoms with Crippen LogP contribution in [0.2, 0.25) is 0 Å². The van der Waals surface area contributed by atoms with E-state index in [9.17, 15) is 13.2 Å². The summed E-state index contributed by atoms with van der Waals surface area (Å²) < 4.78 is 46.9. The third kappa shape index (κ3) is 4.60. The zero-order valence-electron chi connectivity index (χ0n) is 10.8. The van der Waals surface area contributed by atoms with Gasteiger partial charge in [-0.1, -0.05) is 0 Å². The van der Waals surface area contributed by atoms with E-state index in [0.717, 1.165) is 0 Å². The van der Waals surface area contributed by atoms with E-state index in [-0.39, 0.29) is 6.54 Å². The lowest BCUT2D eigenvalue weighted by Crippen LogP contribution is -2.35. The van der Waals surface area contributed by atoms with Crippen molar-refractivity contribution in [3.63, 3.8) is 0 Å². The standard InChI is InChI=1S/C12H17F3N2O2/c1-18-8-3-4-11(19-2)9(5-8)10(6-16)17-7-12(13,14)15/h3-5,10,17H,6-7,16H2,1-2H3. The van der Waals surface area contributed by atoms with Gasteiger partial charge in [-0.2, -0.15) is 13.2 Å². The highest BCUT2D eigenvalue weighted by molar-refractivity contribution is 5.42. The van der Waals surface area contributed by atoms with Crippen molar-refractivity contribution in [2.24, 2.45) is 5.73 Å². The molecule has 0 fully saturated rings. The fraction of sp³-hybridized carbons (Fsp3) is 0.500. The lowest BCUT2D eigenvalue weighted by Gasteiger charge is -2.21. The third-order valence-electron chi connectivity index (χ3n) is 2.60. The first-order valence-corrected chi connectivity index (χ1v) is 5.63. The van der Waals surface area contributed by atoms with Crippen LogP contribution < -0.4 is 20.5 Å². The van der Waals surface area contributed by atoms with Crippen LogP contribution in [0.15, 0.2) is 18.2 Å². The molecule has 3 N–H and O–H groups in total. The Kier molecular flexibility index (Phi) is 5.44. The number of hydrogen-bond donors (Lipinski definition) is 2. The second-order valence-electron chi connectivity index (χ2n) is 3.89. The van der Waals surface area contributed by atoms with Crippen molar-refractivity contribution in [3.05, 3.63) is 23.8 Å². The lowest BCUT2D eigenvalue weighted by molar-refractivity contribution is -0.126. The van der Waals surface area contributed by atoms with E-state index < -0.39 is 18.8 Å². The van der Waals surface area contributed by atoms with Crippen molar-refractivity contribution in [1.29, 1.82) is 0 Å². The number of alkyl halides is 3. The van der Waals surface area contributed by atoms with Gasteiger partial charge in [0.1, 0.15) is 11.5 Å². The number of halogens is 3. The van der Waals surface area contributed by atoms with Crippen LogP contribution in [0.3, 0.4) is 0 Å². The van der Waals surface area contributed by atoms with E-state index in [1.165, 1.54) is 14.2 Å². The largest absolute Gasteiger partial charge is 0.497 e. The molecule has 0 saturated carbocycles. The third-order valence-corrected chi connectivity index (χ3v) is 2.60. The molecule has 0 aliphatic heterocycles. The van der Waals surface area contributed by atoms with Crippen LogP contribution >= 0.6 is 0 Å². The molecule has 0 saturated heterocycles. The van der Waals surface area contributed by atoms with E-state index >= 15 is 0 Å². The molecule has 0 radical (unpaired) electrons. The molecule has 0 heterocycles. The smallest absolute Gasteiger partial charge is 0.401 e. The number of nitrogens with one attached hydrogen (secondary N) is 1. The zero-order chi connectivity index (χ0) is 14.5. The van der Waals surface area contributed by atoms with Crippen molar-refractivity contribution in [2.45, 2.75) is 12.2 Å². The summed E-state index contributed by atoms with van der Waals surface area (Å²) >= 11 is 0. The molecule has 4 nitrogen and oxygen atoms in total. The van der Waals surface area contributed by atoms with Gasteiger partial charge in [0.05, 0.1) is 20.8 Å². The molecule has 0 aliphatic rings. The molecule has 19 heavy (non-hydrogen) atoms. The van der Waals surface area contributed by atoms with Crippen molar-refractivity contribution in [3.8, 4) is 11.5 Å². The van der Waals surface area contributed by atoms with Gasteiger partial charge in [0.2, 0.25) is 0 Å². The second-order valence-corrected chi connectivity index (χ2v) is 3.89. The van der Waals surface area contributed by atoms with Crippen molar-refractivity contribution < 1.29 is 22.6 Å². The highest BCUT2D eigenvalue weighted by atomic mass is 19.4. The predicted octanol–water partition coefficient (Wildman–Crippen LogP) is 1.86. The maximum atomic E-state index is 12.2. The number of nitrogens with two attached hydrogens (primary N) is 1. The second kappa shape index (κ2) is 6.63. The quantitative estimate of drug-likeness (QED) is 0.834. The summed E-state index contributed by atoms with van der Waals surface area (Å²) in [6, 6.07) is 4.25. The Balaban J connectivity index is 2.95. The Morgan fingerprint density at radius 1 is 1.26 bits per heavy atom. The molecule has 108 valence electrons. The molecular weight excluding hydrogens is 261 g/mol. The highest BCUT2D eigenvalue weighted by Crippen LogP contribution is 2.29. The first-order chi connectivity index (χ1) is 8.91. The minimum absolute atomic E-state index is 0.0135. The number of benzene rings is 1. The molecule has 7 heteroatoms. The van der Waals surface area contributed by atoms with Gasteiger partial charge in [0.15, 0.2) is 0 Å².